The zero-order valence-electron chi connectivity index (χ0n) is 10.1. The van der Waals surface area contributed by atoms with E-state index in [0.717, 1.165) is 4.40 Å². The summed E-state index contributed by atoms with van der Waals surface area (Å²) in [4.78, 5) is 15.7. The molecule has 0 saturated carbocycles. The van der Waals surface area contributed by atoms with Gasteiger partial charge in [-0.2, -0.15) is 4.98 Å². The van der Waals surface area contributed by atoms with Crippen LogP contribution in [0.15, 0.2) is 23.1 Å². The fourth-order valence-corrected chi connectivity index (χ4v) is 1.57. The number of fused-ring (bicyclic) bond motifs is 1. The number of nitrogens with zero attached hydrogens (tertiary/aromatic N) is 2. The Kier molecular flexibility index (Phi) is 3.57. The summed E-state index contributed by atoms with van der Waals surface area (Å²) >= 11 is 0. The molecule has 0 amide bonds. The zero-order chi connectivity index (χ0) is 13.1. The number of hydrogen-bond acceptors (Lipinski definition) is 4. The lowest BCUT2D eigenvalue weighted by Gasteiger charge is -2.07. The topological polar surface area (TPSA) is 52.8 Å². The van der Waals surface area contributed by atoms with Crippen LogP contribution < -0.4 is 10.3 Å². The summed E-state index contributed by atoms with van der Waals surface area (Å²) in [5.74, 6) is -0.455. The fraction of sp³-hybridized carbons (Fsp3) is 0.333. The molecule has 2 aromatic heterocycles. The molecule has 6 heteroatoms. The molecular weight excluding hydrogens is 239 g/mol. The Morgan fingerprint density at radius 2 is 2.17 bits per heavy atom. The minimum absolute atomic E-state index is 0.0412. The highest BCUT2D eigenvalue weighted by Crippen LogP contribution is 2.11. The molecule has 0 fully saturated rings. The molecule has 2 heterocycles. The van der Waals surface area contributed by atoms with Crippen LogP contribution >= 0.6 is 0 Å². The van der Waals surface area contributed by atoms with E-state index >= 15 is 0 Å². The van der Waals surface area contributed by atoms with Crippen molar-refractivity contribution in [3.05, 3.63) is 40.1 Å². The van der Waals surface area contributed by atoms with Gasteiger partial charge in [0, 0.05) is 13.3 Å². The van der Waals surface area contributed by atoms with Gasteiger partial charge in [0.25, 0.3) is 5.56 Å². The van der Waals surface area contributed by atoms with Gasteiger partial charge in [-0.1, -0.05) is 0 Å². The van der Waals surface area contributed by atoms with Crippen molar-refractivity contribution in [1.82, 2.24) is 9.38 Å². The van der Waals surface area contributed by atoms with Gasteiger partial charge in [0.2, 0.25) is 5.88 Å². The molecule has 0 aromatic carbocycles. The monoisotopic (exact) mass is 252 g/mol. The molecule has 0 aliphatic heterocycles. The Morgan fingerprint density at radius 1 is 1.39 bits per heavy atom. The highest BCUT2D eigenvalue weighted by atomic mass is 19.1. The van der Waals surface area contributed by atoms with Crippen LogP contribution in [-0.2, 0) is 4.74 Å². The van der Waals surface area contributed by atoms with Crippen LogP contribution in [0.2, 0.25) is 0 Å². The van der Waals surface area contributed by atoms with Crippen LogP contribution in [0.25, 0.3) is 5.65 Å². The Bertz CT molecular complexity index is 624. The summed E-state index contributed by atoms with van der Waals surface area (Å²) < 4.78 is 24.9. The maximum atomic E-state index is 13.7. The van der Waals surface area contributed by atoms with Crippen molar-refractivity contribution in [3.63, 3.8) is 0 Å². The van der Waals surface area contributed by atoms with E-state index in [1.807, 2.05) is 0 Å². The lowest BCUT2D eigenvalue weighted by molar-refractivity contribution is 0.143. The molecule has 96 valence electrons. The van der Waals surface area contributed by atoms with Crippen LogP contribution in [0.4, 0.5) is 4.39 Å². The van der Waals surface area contributed by atoms with E-state index in [2.05, 4.69) is 4.98 Å². The van der Waals surface area contributed by atoms with E-state index in [0.29, 0.717) is 12.2 Å². The lowest BCUT2D eigenvalue weighted by atomic mass is 10.3. The summed E-state index contributed by atoms with van der Waals surface area (Å²) in [6.45, 7) is 2.34. The number of aromatic nitrogens is 2. The van der Waals surface area contributed by atoms with E-state index in [1.54, 1.807) is 6.92 Å². The largest absolute Gasteiger partial charge is 0.475 e. The molecule has 0 aliphatic carbocycles. The molecule has 0 atom stereocenters. The van der Waals surface area contributed by atoms with Crippen LogP contribution in [0.3, 0.4) is 0 Å². The SMILES string of the molecule is COCCOc1cc(=O)n2cc(C)cc(F)c2n1. The van der Waals surface area contributed by atoms with Gasteiger partial charge in [-0.3, -0.25) is 9.20 Å². The second-order valence-corrected chi connectivity index (χ2v) is 3.83. The summed E-state index contributed by atoms with van der Waals surface area (Å²) in [5, 5.41) is 0. The third-order valence-electron chi connectivity index (χ3n) is 2.37. The first kappa shape index (κ1) is 12.5. The van der Waals surface area contributed by atoms with Gasteiger partial charge in [0.05, 0.1) is 12.7 Å². The number of aryl methyl sites for hydroxylation is 1. The van der Waals surface area contributed by atoms with E-state index < -0.39 is 5.82 Å². The molecule has 0 bridgehead atoms. The second-order valence-electron chi connectivity index (χ2n) is 3.83. The van der Waals surface area contributed by atoms with E-state index in [4.69, 9.17) is 9.47 Å². The smallest absolute Gasteiger partial charge is 0.261 e. The molecule has 18 heavy (non-hydrogen) atoms. The van der Waals surface area contributed by atoms with Gasteiger partial charge >= 0.3 is 0 Å². The molecule has 0 radical (unpaired) electrons. The van der Waals surface area contributed by atoms with Gasteiger partial charge in [-0.15, -0.1) is 0 Å². The van der Waals surface area contributed by atoms with E-state index in [9.17, 15) is 9.18 Å². The van der Waals surface area contributed by atoms with Crippen LogP contribution in [-0.4, -0.2) is 29.7 Å². The number of methoxy groups -OCH3 is 1. The third-order valence-corrected chi connectivity index (χ3v) is 2.37. The van der Waals surface area contributed by atoms with Crippen LogP contribution in [0.5, 0.6) is 5.88 Å². The van der Waals surface area contributed by atoms with E-state index in [1.165, 1.54) is 25.4 Å². The maximum Gasteiger partial charge on any atom is 0.261 e. The van der Waals surface area contributed by atoms with Crippen molar-refractivity contribution in [1.29, 1.82) is 0 Å². The van der Waals surface area contributed by atoms with Crippen molar-refractivity contribution in [3.8, 4) is 5.88 Å². The molecule has 2 aromatic rings. The second kappa shape index (κ2) is 5.14. The highest BCUT2D eigenvalue weighted by Gasteiger charge is 2.08. The number of halogens is 1. The minimum Gasteiger partial charge on any atom is -0.475 e. The van der Waals surface area contributed by atoms with Crippen LogP contribution in [0.1, 0.15) is 5.56 Å². The minimum atomic E-state index is -0.552. The first-order valence-corrected chi connectivity index (χ1v) is 5.43. The number of hydrogen-bond donors (Lipinski definition) is 0. The van der Waals surface area contributed by atoms with Crippen molar-refractivity contribution < 1.29 is 13.9 Å². The summed E-state index contributed by atoms with van der Waals surface area (Å²) in [5.41, 5.74) is 0.229. The Balaban J connectivity index is 2.45. The Hall–Kier alpha value is -1.95. The summed E-state index contributed by atoms with van der Waals surface area (Å²) in [7, 11) is 1.54. The average Bonchev–Trinajstić information content (AvgIpc) is 2.31. The lowest BCUT2D eigenvalue weighted by Crippen LogP contribution is -2.17. The maximum absolute atomic E-state index is 13.7. The van der Waals surface area contributed by atoms with Crippen molar-refractivity contribution in [2.24, 2.45) is 0 Å². The van der Waals surface area contributed by atoms with Crippen LogP contribution in [0, 0.1) is 12.7 Å². The van der Waals surface area contributed by atoms with Gasteiger partial charge < -0.3 is 9.47 Å². The highest BCUT2D eigenvalue weighted by molar-refractivity contribution is 5.43. The normalized spacial score (nSPS) is 10.8. The van der Waals surface area contributed by atoms with Gasteiger partial charge in [0.1, 0.15) is 6.61 Å². The van der Waals surface area contributed by atoms with Gasteiger partial charge in [0.15, 0.2) is 11.5 Å². The Morgan fingerprint density at radius 3 is 2.89 bits per heavy atom. The predicted octanol–water partition coefficient (Wildman–Crippen LogP) is 1.17. The average molecular weight is 252 g/mol. The molecule has 5 nitrogen and oxygen atoms in total. The van der Waals surface area contributed by atoms with Gasteiger partial charge in [-0.05, 0) is 18.6 Å². The standard InChI is InChI=1S/C12H13FN2O3/c1-8-5-9(13)12-14-10(18-4-3-17-2)6-11(16)15(12)7-8/h5-7H,3-4H2,1-2H3. The third kappa shape index (κ3) is 2.48. The number of pyridine rings is 1. The van der Waals surface area contributed by atoms with Crippen molar-refractivity contribution in [2.45, 2.75) is 6.92 Å². The molecule has 0 spiro atoms. The summed E-state index contributed by atoms with van der Waals surface area (Å²) in [6.07, 6.45) is 1.53. The Labute approximate surface area is 103 Å². The molecule has 0 unspecified atom stereocenters. The van der Waals surface area contributed by atoms with Crippen molar-refractivity contribution in [2.75, 3.05) is 20.3 Å². The first-order valence-electron chi connectivity index (χ1n) is 5.43. The van der Waals surface area contributed by atoms with Gasteiger partial charge in [-0.25, -0.2) is 4.39 Å². The molecule has 0 saturated heterocycles. The van der Waals surface area contributed by atoms with Crippen molar-refractivity contribution >= 4 is 5.65 Å². The molecule has 2 rings (SSSR count). The fourth-order valence-electron chi connectivity index (χ4n) is 1.57. The molecule has 0 aliphatic rings. The van der Waals surface area contributed by atoms with E-state index in [-0.39, 0.29) is 23.7 Å². The molecule has 0 N–H and O–H groups in total. The summed E-state index contributed by atoms with van der Waals surface area (Å²) in [6, 6.07) is 2.54. The number of ether oxygens (including phenoxy) is 2. The first-order chi connectivity index (χ1) is 8.61. The quantitative estimate of drug-likeness (QED) is 0.766. The number of rotatable bonds is 4. The zero-order valence-corrected chi connectivity index (χ0v) is 10.1. The molecular formula is C12H13FN2O3. The predicted molar refractivity (Wildman–Crippen MR) is 63.5 cm³/mol.